The first-order valence-corrected chi connectivity index (χ1v) is 8.39. The highest BCUT2D eigenvalue weighted by atomic mass is 16.1. The molecular weight excluding hydrogens is 284 g/mol. The third-order valence-electron chi connectivity index (χ3n) is 4.79. The molecule has 0 spiro atoms. The van der Waals surface area contributed by atoms with Gasteiger partial charge in [-0.1, -0.05) is 49.4 Å². The van der Waals surface area contributed by atoms with Crippen LogP contribution in [0.2, 0.25) is 0 Å². The van der Waals surface area contributed by atoms with E-state index in [1.165, 1.54) is 24.0 Å². The molecule has 1 aliphatic rings. The number of rotatable bonds is 4. The second kappa shape index (κ2) is 6.97. The molecule has 3 N–H and O–H groups in total. The van der Waals surface area contributed by atoms with Crippen LogP contribution in [0.15, 0.2) is 48.5 Å². The van der Waals surface area contributed by atoms with Crippen LogP contribution in [-0.4, -0.2) is 5.91 Å². The fourth-order valence-corrected chi connectivity index (χ4v) is 3.27. The molecule has 3 nitrogen and oxygen atoms in total. The van der Waals surface area contributed by atoms with Crippen molar-refractivity contribution < 1.29 is 4.79 Å². The van der Waals surface area contributed by atoms with E-state index in [1.54, 1.807) is 0 Å². The van der Waals surface area contributed by atoms with Crippen molar-refractivity contribution >= 4 is 11.6 Å². The molecule has 2 atom stereocenters. The van der Waals surface area contributed by atoms with Gasteiger partial charge >= 0.3 is 0 Å². The number of benzene rings is 2. The van der Waals surface area contributed by atoms with Crippen LogP contribution < -0.4 is 11.1 Å². The Morgan fingerprint density at radius 3 is 2.57 bits per heavy atom. The largest absolute Gasteiger partial charge is 0.326 e. The molecule has 3 heteroatoms. The summed E-state index contributed by atoms with van der Waals surface area (Å²) < 4.78 is 0. The van der Waals surface area contributed by atoms with Gasteiger partial charge in [-0.3, -0.25) is 4.79 Å². The standard InChI is InChI=1S/C20H24N2O/c1-14(19(21)16-9-3-2-4-10-16)20(23)22-18-13-7-11-15-8-5-6-12-17(15)18/h2-4,7,9-11,13-14,19H,5-6,8,12,21H2,1H3,(H,22,23). The zero-order valence-corrected chi connectivity index (χ0v) is 13.6. The van der Waals surface area contributed by atoms with Gasteiger partial charge in [-0.15, -0.1) is 0 Å². The summed E-state index contributed by atoms with van der Waals surface area (Å²) in [6, 6.07) is 15.7. The quantitative estimate of drug-likeness (QED) is 0.901. The van der Waals surface area contributed by atoms with Crippen LogP contribution in [0, 0.1) is 5.92 Å². The number of hydrogen-bond donors (Lipinski definition) is 2. The highest BCUT2D eigenvalue weighted by Gasteiger charge is 2.23. The second-order valence-corrected chi connectivity index (χ2v) is 6.36. The molecule has 1 aliphatic carbocycles. The van der Waals surface area contributed by atoms with Gasteiger partial charge in [0.2, 0.25) is 5.91 Å². The van der Waals surface area contributed by atoms with Crippen molar-refractivity contribution in [3.8, 4) is 0 Å². The lowest BCUT2D eigenvalue weighted by Gasteiger charge is -2.23. The number of amides is 1. The van der Waals surface area contributed by atoms with E-state index in [-0.39, 0.29) is 17.9 Å². The van der Waals surface area contributed by atoms with Crippen LogP contribution in [0.3, 0.4) is 0 Å². The molecule has 2 aromatic carbocycles. The Morgan fingerprint density at radius 2 is 1.78 bits per heavy atom. The smallest absolute Gasteiger partial charge is 0.229 e. The molecule has 0 aromatic heterocycles. The van der Waals surface area contributed by atoms with Gasteiger partial charge in [0.25, 0.3) is 0 Å². The first kappa shape index (κ1) is 15.8. The summed E-state index contributed by atoms with van der Waals surface area (Å²) in [5.41, 5.74) is 10.9. The average Bonchev–Trinajstić information content (AvgIpc) is 2.61. The molecule has 120 valence electrons. The normalized spacial score (nSPS) is 16.3. The third kappa shape index (κ3) is 3.45. The molecule has 0 fully saturated rings. The predicted molar refractivity (Wildman–Crippen MR) is 94.2 cm³/mol. The molecule has 1 amide bonds. The van der Waals surface area contributed by atoms with Gasteiger partial charge in [-0.2, -0.15) is 0 Å². The Labute approximate surface area is 137 Å². The van der Waals surface area contributed by atoms with Crippen LogP contribution in [0.25, 0.3) is 0 Å². The van der Waals surface area contributed by atoms with E-state index in [0.29, 0.717) is 0 Å². The topological polar surface area (TPSA) is 55.1 Å². The van der Waals surface area contributed by atoms with Crippen molar-refractivity contribution in [1.82, 2.24) is 0 Å². The molecule has 0 saturated carbocycles. The Morgan fingerprint density at radius 1 is 1.04 bits per heavy atom. The Hall–Kier alpha value is -2.13. The van der Waals surface area contributed by atoms with E-state index in [2.05, 4.69) is 11.4 Å². The number of fused-ring (bicyclic) bond motifs is 1. The van der Waals surface area contributed by atoms with Crippen LogP contribution in [0.5, 0.6) is 0 Å². The van der Waals surface area contributed by atoms with Crippen LogP contribution in [0.4, 0.5) is 5.69 Å². The molecule has 2 aromatic rings. The van der Waals surface area contributed by atoms with Gasteiger partial charge in [0.05, 0.1) is 5.92 Å². The summed E-state index contributed by atoms with van der Waals surface area (Å²) in [5, 5.41) is 3.10. The first-order chi connectivity index (χ1) is 11.2. The lowest BCUT2D eigenvalue weighted by molar-refractivity contribution is -0.120. The van der Waals surface area contributed by atoms with Crippen molar-refractivity contribution in [3.05, 3.63) is 65.2 Å². The molecule has 2 unspecified atom stereocenters. The lowest BCUT2D eigenvalue weighted by Crippen LogP contribution is -2.31. The van der Waals surface area contributed by atoms with Crippen molar-refractivity contribution in [3.63, 3.8) is 0 Å². The number of hydrogen-bond acceptors (Lipinski definition) is 2. The summed E-state index contributed by atoms with van der Waals surface area (Å²) in [6.07, 6.45) is 4.59. The SMILES string of the molecule is CC(C(=O)Nc1cccc2c1CCCC2)C(N)c1ccccc1. The minimum Gasteiger partial charge on any atom is -0.326 e. The zero-order chi connectivity index (χ0) is 16.2. The summed E-state index contributed by atoms with van der Waals surface area (Å²) in [6.45, 7) is 1.89. The summed E-state index contributed by atoms with van der Waals surface area (Å²) in [7, 11) is 0. The van der Waals surface area contributed by atoms with E-state index in [0.717, 1.165) is 24.1 Å². The van der Waals surface area contributed by atoms with Crippen molar-refractivity contribution in [2.75, 3.05) is 5.32 Å². The zero-order valence-electron chi connectivity index (χ0n) is 13.6. The lowest BCUT2D eigenvalue weighted by atomic mass is 9.90. The van der Waals surface area contributed by atoms with Crippen molar-refractivity contribution in [2.45, 2.75) is 38.6 Å². The minimum atomic E-state index is -0.296. The maximum absolute atomic E-state index is 12.6. The van der Waals surface area contributed by atoms with Crippen LogP contribution in [-0.2, 0) is 17.6 Å². The number of carbonyl (C=O) groups is 1. The molecule has 0 bridgehead atoms. The number of nitrogens with two attached hydrogens (primary N) is 1. The highest BCUT2D eigenvalue weighted by molar-refractivity contribution is 5.93. The van der Waals surface area contributed by atoms with Crippen molar-refractivity contribution in [1.29, 1.82) is 0 Å². The average molecular weight is 308 g/mol. The number of anilines is 1. The van der Waals surface area contributed by atoms with E-state index in [9.17, 15) is 4.79 Å². The maximum atomic E-state index is 12.6. The molecule has 0 saturated heterocycles. The monoisotopic (exact) mass is 308 g/mol. The summed E-state index contributed by atoms with van der Waals surface area (Å²) in [4.78, 5) is 12.6. The van der Waals surface area contributed by atoms with Gasteiger partial charge < -0.3 is 11.1 Å². The van der Waals surface area contributed by atoms with Gasteiger partial charge in [0.15, 0.2) is 0 Å². The van der Waals surface area contributed by atoms with Gasteiger partial charge in [-0.25, -0.2) is 0 Å². The third-order valence-corrected chi connectivity index (χ3v) is 4.79. The van der Waals surface area contributed by atoms with Gasteiger partial charge in [-0.05, 0) is 48.4 Å². The van der Waals surface area contributed by atoms with Gasteiger partial charge in [0, 0.05) is 11.7 Å². The summed E-state index contributed by atoms with van der Waals surface area (Å²) in [5.74, 6) is -0.294. The van der Waals surface area contributed by atoms with Crippen molar-refractivity contribution in [2.24, 2.45) is 11.7 Å². The number of carbonyl (C=O) groups excluding carboxylic acids is 1. The number of aryl methyl sites for hydroxylation is 1. The first-order valence-electron chi connectivity index (χ1n) is 8.39. The van der Waals surface area contributed by atoms with Crippen LogP contribution >= 0.6 is 0 Å². The fourth-order valence-electron chi connectivity index (χ4n) is 3.27. The second-order valence-electron chi connectivity index (χ2n) is 6.36. The molecule has 0 radical (unpaired) electrons. The molecule has 0 heterocycles. The van der Waals surface area contributed by atoms with E-state index in [4.69, 9.17) is 5.73 Å². The number of nitrogens with one attached hydrogen (secondary N) is 1. The molecule has 23 heavy (non-hydrogen) atoms. The maximum Gasteiger partial charge on any atom is 0.229 e. The Kier molecular flexibility index (Phi) is 4.77. The highest BCUT2D eigenvalue weighted by Crippen LogP contribution is 2.29. The molecule has 0 aliphatic heterocycles. The van der Waals surface area contributed by atoms with E-state index >= 15 is 0 Å². The molecule has 3 rings (SSSR count). The predicted octanol–water partition coefficient (Wildman–Crippen LogP) is 3.84. The minimum absolute atomic E-state index is 0.0136. The van der Waals surface area contributed by atoms with Crippen LogP contribution in [0.1, 0.15) is 42.5 Å². The van der Waals surface area contributed by atoms with Gasteiger partial charge in [0.1, 0.15) is 0 Å². The molecular formula is C20H24N2O. The fraction of sp³-hybridized carbons (Fsp3) is 0.350. The van der Waals surface area contributed by atoms with E-state index < -0.39 is 0 Å². The Bertz CT molecular complexity index is 681. The summed E-state index contributed by atoms with van der Waals surface area (Å²) >= 11 is 0. The van der Waals surface area contributed by atoms with E-state index in [1.807, 2.05) is 49.4 Å². The Balaban J connectivity index is 1.74.